The van der Waals surface area contributed by atoms with E-state index >= 15 is 0 Å². The minimum Gasteiger partial charge on any atom is -0.455 e. The number of benzene rings is 8. The Morgan fingerprint density at radius 3 is 1.52 bits per heavy atom. The Labute approximate surface area is 288 Å². The fourth-order valence-electron chi connectivity index (χ4n) is 7.31. The summed E-state index contributed by atoms with van der Waals surface area (Å²) < 4.78 is 6.59. The highest BCUT2D eigenvalue weighted by Gasteiger charge is 2.19. The third-order valence-corrected chi connectivity index (χ3v) is 9.83. The number of hydrogen-bond acceptors (Lipinski definition) is 4. The van der Waals surface area contributed by atoms with Gasteiger partial charge in [0.1, 0.15) is 11.2 Å². The molecule has 0 spiro atoms. The molecule has 2 aromatic heterocycles. The fourth-order valence-corrected chi connectivity index (χ4v) is 7.31. The summed E-state index contributed by atoms with van der Waals surface area (Å²) in [5.74, 6) is 1.91. The summed E-state index contributed by atoms with van der Waals surface area (Å²) in [7, 11) is 0. The quantitative estimate of drug-likeness (QED) is 0.192. The second-order valence-corrected chi connectivity index (χ2v) is 12.9. The second kappa shape index (κ2) is 11.2. The molecule has 0 saturated carbocycles. The fraction of sp³-hybridized carbons (Fsp3) is 0.0217. The molecule has 0 aliphatic heterocycles. The molecule has 0 saturated heterocycles. The second-order valence-electron chi connectivity index (χ2n) is 12.9. The molecule has 0 unspecified atom stereocenters. The van der Waals surface area contributed by atoms with Crippen LogP contribution in [0.2, 0.25) is 0 Å². The molecular formula is C46H29N3O. The van der Waals surface area contributed by atoms with Crippen LogP contribution in [-0.4, -0.2) is 15.0 Å². The van der Waals surface area contributed by atoms with E-state index in [0.717, 1.165) is 76.9 Å². The smallest absolute Gasteiger partial charge is 0.164 e. The first-order valence-electron chi connectivity index (χ1n) is 16.9. The van der Waals surface area contributed by atoms with Crippen molar-refractivity contribution in [2.75, 3.05) is 0 Å². The van der Waals surface area contributed by atoms with Gasteiger partial charge in [0.2, 0.25) is 0 Å². The lowest BCUT2D eigenvalue weighted by molar-refractivity contribution is 0.667. The Morgan fingerprint density at radius 1 is 0.360 bits per heavy atom. The summed E-state index contributed by atoms with van der Waals surface area (Å²) in [6.45, 7) is 2.10. The lowest BCUT2D eigenvalue weighted by Crippen LogP contribution is -2.01. The summed E-state index contributed by atoms with van der Waals surface area (Å²) >= 11 is 0. The Balaban J connectivity index is 1.20. The molecule has 50 heavy (non-hydrogen) atoms. The van der Waals surface area contributed by atoms with Crippen molar-refractivity contribution in [3.05, 3.63) is 163 Å². The number of hydrogen-bond donors (Lipinski definition) is 0. The van der Waals surface area contributed by atoms with E-state index in [-0.39, 0.29) is 0 Å². The molecule has 2 heterocycles. The average molecular weight is 640 g/mol. The van der Waals surface area contributed by atoms with Crippen molar-refractivity contribution in [3.8, 4) is 45.3 Å². The van der Waals surface area contributed by atoms with Crippen molar-refractivity contribution in [3.63, 3.8) is 0 Å². The van der Waals surface area contributed by atoms with Crippen molar-refractivity contribution >= 4 is 54.3 Å². The number of rotatable bonds is 4. The van der Waals surface area contributed by atoms with E-state index in [1.807, 2.05) is 0 Å². The highest BCUT2D eigenvalue weighted by Crippen LogP contribution is 2.41. The van der Waals surface area contributed by atoms with Crippen LogP contribution >= 0.6 is 0 Å². The first-order valence-corrected chi connectivity index (χ1v) is 16.9. The van der Waals surface area contributed by atoms with E-state index in [0.29, 0.717) is 17.5 Å². The van der Waals surface area contributed by atoms with Crippen molar-refractivity contribution < 1.29 is 4.42 Å². The molecular weight excluding hydrogens is 611 g/mol. The van der Waals surface area contributed by atoms with E-state index in [4.69, 9.17) is 19.4 Å². The van der Waals surface area contributed by atoms with Gasteiger partial charge in [-0.15, -0.1) is 0 Å². The van der Waals surface area contributed by atoms with E-state index in [1.165, 1.54) is 10.8 Å². The molecule has 0 aliphatic rings. The minimum atomic E-state index is 0.631. The van der Waals surface area contributed by atoms with E-state index in [9.17, 15) is 0 Å². The Kier molecular flexibility index (Phi) is 6.36. The first kappa shape index (κ1) is 28.4. The maximum absolute atomic E-state index is 6.59. The Bertz CT molecular complexity index is 2860. The normalized spacial score (nSPS) is 11.7. The topological polar surface area (TPSA) is 51.8 Å². The predicted molar refractivity (Wildman–Crippen MR) is 206 cm³/mol. The van der Waals surface area contributed by atoms with Gasteiger partial charge >= 0.3 is 0 Å². The zero-order valence-electron chi connectivity index (χ0n) is 27.3. The highest BCUT2D eigenvalue weighted by atomic mass is 16.3. The maximum atomic E-state index is 6.59. The molecule has 0 aliphatic carbocycles. The number of para-hydroxylation sites is 2. The van der Waals surface area contributed by atoms with Gasteiger partial charge in [-0.1, -0.05) is 140 Å². The average Bonchev–Trinajstić information content (AvgIpc) is 3.57. The van der Waals surface area contributed by atoms with Crippen LogP contribution in [0.15, 0.2) is 162 Å². The van der Waals surface area contributed by atoms with Crippen LogP contribution < -0.4 is 0 Å². The van der Waals surface area contributed by atoms with Crippen LogP contribution in [-0.2, 0) is 0 Å². The van der Waals surface area contributed by atoms with Gasteiger partial charge in [-0.05, 0) is 68.6 Å². The summed E-state index contributed by atoms with van der Waals surface area (Å²) in [6.07, 6.45) is 0. The molecule has 0 bridgehead atoms. The maximum Gasteiger partial charge on any atom is 0.164 e. The molecule has 10 aromatic rings. The lowest BCUT2D eigenvalue weighted by Gasteiger charge is -2.13. The van der Waals surface area contributed by atoms with Gasteiger partial charge in [0.15, 0.2) is 17.5 Å². The Morgan fingerprint density at radius 2 is 0.860 bits per heavy atom. The molecule has 0 amide bonds. The molecule has 10 rings (SSSR count). The number of aryl methyl sites for hydroxylation is 1. The molecule has 234 valence electrons. The molecule has 4 heteroatoms. The van der Waals surface area contributed by atoms with Gasteiger partial charge in [-0.3, -0.25) is 0 Å². The van der Waals surface area contributed by atoms with E-state index in [1.54, 1.807) is 0 Å². The summed E-state index contributed by atoms with van der Waals surface area (Å²) in [4.78, 5) is 15.4. The van der Waals surface area contributed by atoms with Crippen LogP contribution in [0.3, 0.4) is 0 Å². The van der Waals surface area contributed by atoms with Crippen LogP contribution in [0.5, 0.6) is 0 Å². The van der Waals surface area contributed by atoms with Gasteiger partial charge in [-0.2, -0.15) is 0 Å². The van der Waals surface area contributed by atoms with Crippen molar-refractivity contribution in [1.82, 2.24) is 15.0 Å². The largest absolute Gasteiger partial charge is 0.455 e. The minimum absolute atomic E-state index is 0.631. The summed E-state index contributed by atoms with van der Waals surface area (Å²) in [6, 6.07) is 55.1. The number of fused-ring (bicyclic) bond motifs is 6. The molecule has 8 aromatic carbocycles. The van der Waals surface area contributed by atoms with Crippen molar-refractivity contribution in [2.24, 2.45) is 0 Å². The molecule has 0 radical (unpaired) electrons. The van der Waals surface area contributed by atoms with Crippen LogP contribution in [0, 0.1) is 6.92 Å². The van der Waals surface area contributed by atoms with Crippen molar-refractivity contribution in [2.45, 2.75) is 6.92 Å². The van der Waals surface area contributed by atoms with Crippen LogP contribution in [0.1, 0.15) is 5.56 Å². The first-order chi connectivity index (χ1) is 24.7. The van der Waals surface area contributed by atoms with Crippen LogP contribution in [0.25, 0.3) is 99.5 Å². The standard InChI is InChI=1S/C46H29N3O/c1-28-10-8-17-39-40-19-9-18-38(43(40)50-42(28)39)37-24-25-41(36-16-7-6-15-35(36)37)46-48-44(33-22-20-29-11-2-4-13-31(29)26-33)47-45(49-46)34-23-21-30-12-3-5-14-32(30)27-34/h2-27H,1H3. The third-order valence-electron chi connectivity index (χ3n) is 9.83. The zero-order chi connectivity index (χ0) is 33.2. The molecule has 0 atom stereocenters. The number of furan rings is 1. The Hall–Kier alpha value is -6.65. The SMILES string of the molecule is Cc1cccc2c1oc1c(-c3ccc(-c4nc(-c5ccc6ccccc6c5)nc(-c5ccc6ccccc6c5)n4)c4ccccc34)cccc12. The third kappa shape index (κ3) is 4.57. The van der Waals surface area contributed by atoms with Gasteiger partial charge in [0.05, 0.1) is 0 Å². The number of aromatic nitrogens is 3. The highest BCUT2D eigenvalue weighted by molar-refractivity contribution is 6.14. The summed E-state index contributed by atoms with van der Waals surface area (Å²) in [5.41, 5.74) is 7.96. The number of nitrogens with zero attached hydrogens (tertiary/aromatic N) is 3. The molecule has 4 nitrogen and oxygen atoms in total. The van der Waals surface area contributed by atoms with Crippen LogP contribution in [0.4, 0.5) is 0 Å². The molecule has 0 N–H and O–H groups in total. The monoisotopic (exact) mass is 639 g/mol. The van der Waals surface area contributed by atoms with Gasteiger partial charge in [0.25, 0.3) is 0 Å². The van der Waals surface area contributed by atoms with Gasteiger partial charge in [-0.25, -0.2) is 15.0 Å². The van der Waals surface area contributed by atoms with Crippen molar-refractivity contribution in [1.29, 1.82) is 0 Å². The zero-order valence-corrected chi connectivity index (χ0v) is 27.3. The van der Waals surface area contributed by atoms with Gasteiger partial charge in [0, 0.05) is 33.0 Å². The predicted octanol–water partition coefficient (Wildman–Crippen LogP) is 12.2. The lowest BCUT2D eigenvalue weighted by atomic mass is 9.93. The molecule has 0 fully saturated rings. The van der Waals surface area contributed by atoms with Gasteiger partial charge < -0.3 is 4.42 Å². The van der Waals surface area contributed by atoms with E-state index in [2.05, 4.69) is 165 Å². The van der Waals surface area contributed by atoms with E-state index < -0.39 is 0 Å². The summed E-state index contributed by atoms with van der Waals surface area (Å²) in [5, 5.41) is 9.06.